The Labute approximate surface area is 199 Å². The number of hydrogen-bond acceptors (Lipinski definition) is 4. The van der Waals surface area contributed by atoms with Crippen LogP contribution in [0.4, 0.5) is 0 Å². The van der Waals surface area contributed by atoms with Gasteiger partial charge in [-0.15, -0.1) is 0 Å². The van der Waals surface area contributed by atoms with E-state index in [2.05, 4.69) is 92.7 Å². The van der Waals surface area contributed by atoms with Gasteiger partial charge < -0.3 is 9.97 Å². The van der Waals surface area contributed by atoms with Gasteiger partial charge in [0, 0.05) is 17.2 Å². The van der Waals surface area contributed by atoms with Crippen molar-refractivity contribution in [1.29, 1.82) is 0 Å². The monoisotopic (exact) mass is 482 g/mol. The predicted octanol–water partition coefficient (Wildman–Crippen LogP) is 4.79. The first-order chi connectivity index (χ1) is 16.7. The average Bonchev–Trinajstić information content (AvgIpc) is 3.55. The number of carbonyl (C=O) groups excluding carboxylic acids is 2. The summed E-state index contributed by atoms with van der Waals surface area (Å²) in [5, 5.41) is 0. The molecule has 8 heteroatoms. The van der Waals surface area contributed by atoms with Crippen molar-refractivity contribution < 1.29 is 9.59 Å². The van der Waals surface area contributed by atoms with Crippen LogP contribution in [0.3, 0.4) is 0 Å². The first-order valence-corrected chi connectivity index (χ1v) is 12.7. The summed E-state index contributed by atoms with van der Waals surface area (Å²) in [6.45, 7) is 0. The molecule has 0 aliphatic heterocycles. The molecule has 0 radical (unpaired) electrons. The zero-order valence-corrected chi connectivity index (χ0v) is 19.9. The smallest absolute Gasteiger partial charge is 0.146 e. The molecular weight excluding hydrogens is 462 g/mol. The fraction of sp³-hybridized carbons (Fsp3) is 0. The Morgan fingerprint density at radius 3 is 1.09 bits per heavy atom. The Morgan fingerprint density at radius 1 is 0.500 bits per heavy atom. The summed E-state index contributed by atoms with van der Waals surface area (Å²) < 4.78 is 0. The SMILES string of the molecule is O=CPc1ncc(-c2ccc(-c3ccc(-c4ccc(-c5cnc(PC=O)[nH]5)cc4)cc3)cc2)[nH]1. The van der Waals surface area contributed by atoms with Crippen molar-refractivity contribution in [2.45, 2.75) is 0 Å². The van der Waals surface area contributed by atoms with Crippen LogP contribution in [0, 0.1) is 0 Å². The van der Waals surface area contributed by atoms with Gasteiger partial charge in [-0.1, -0.05) is 72.8 Å². The summed E-state index contributed by atoms with van der Waals surface area (Å²) in [6.07, 6.45) is 3.52. The molecule has 2 heterocycles. The Kier molecular flexibility index (Phi) is 6.53. The first-order valence-electron chi connectivity index (χ1n) is 10.6. The molecule has 0 fully saturated rings. The van der Waals surface area contributed by atoms with Gasteiger partial charge in [-0.3, -0.25) is 9.59 Å². The van der Waals surface area contributed by atoms with E-state index in [0.29, 0.717) is 11.1 Å². The lowest BCUT2D eigenvalue weighted by molar-refractivity contribution is 0.569. The molecule has 0 amide bonds. The lowest BCUT2D eigenvalue weighted by Crippen LogP contribution is -1.97. The number of nitrogens with one attached hydrogen (secondary N) is 2. The highest BCUT2D eigenvalue weighted by Gasteiger charge is 2.06. The number of nitrogens with zero attached hydrogens (tertiary/aromatic N) is 2. The lowest BCUT2D eigenvalue weighted by atomic mass is 9.98. The van der Waals surface area contributed by atoms with E-state index in [9.17, 15) is 9.59 Å². The Balaban J connectivity index is 1.30. The second-order valence-electron chi connectivity index (χ2n) is 7.55. The van der Waals surface area contributed by atoms with Gasteiger partial charge in [0.05, 0.1) is 23.8 Å². The molecule has 2 unspecified atom stereocenters. The molecule has 2 aromatic heterocycles. The second-order valence-corrected chi connectivity index (χ2v) is 9.54. The Morgan fingerprint density at radius 2 is 0.794 bits per heavy atom. The van der Waals surface area contributed by atoms with Crippen LogP contribution in [0.25, 0.3) is 44.8 Å². The summed E-state index contributed by atoms with van der Waals surface area (Å²) in [4.78, 5) is 36.2. The molecule has 2 N–H and O–H groups in total. The van der Waals surface area contributed by atoms with Crippen molar-refractivity contribution in [2.24, 2.45) is 0 Å². The molecule has 34 heavy (non-hydrogen) atoms. The highest BCUT2D eigenvalue weighted by atomic mass is 31.1. The van der Waals surface area contributed by atoms with Gasteiger partial charge in [0.2, 0.25) is 0 Å². The van der Waals surface area contributed by atoms with Crippen LogP contribution < -0.4 is 11.1 Å². The maximum absolute atomic E-state index is 10.7. The maximum atomic E-state index is 10.7. The lowest BCUT2D eigenvalue weighted by Gasteiger charge is -2.07. The normalized spacial score (nSPS) is 11.5. The highest BCUT2D eigenvalue weighted by Crippen LogP contribution is 2.28. The summed E-state index contributed by atoms with van der Waals surface area (Å²) in [6, 6.07) is 26.8. The van der Waals surface area contributed by atoms with E-state index in [-0.39, 0.29) is 17.2 Å². The van der Waals surface area contributed by atoms with E-state index in [1.54, 1.807) is 12.4 Å². The topological polar surface area (TPSA) is 91.5 Å². The van der Waals surface area contributed by atoms with Gasteiger partial charge in [-0.05, 0) is 33.4 Å². The zero-order chi connectivity index (χ0) is 23.3. The molecule has 0 aliphatic rings. The standard InChI is InChI=1S/C26H20N4O2P2/c31-15-33-25-27-13-23(29-25)21-9-5-19(6-10-21)17-1-2-18(4-3-17)20-7-11-22(12-8-20)24-14-28-26(30-24)34-16-32/h1-16,33-34H,(H,27,29)(H,28,30). The number of aromatic nitrogens is 4. The molecule has 2 atom stereocenters. The Bertz CT molecular complexity index is 1310. The van der Waals surface area contributed by atoms with E-state index in [1.807, 2.05) is 0 Å². The third-order valence-electron chi connectivity index (χ3n) is 5.49. The van der Waals surface area contributed by atoms with E-state index in [0.717, 1.165) is 56.8 Å². The molecule has 5 rings (SSSR count). The molecule has 0 bridgehead atoms. The van der Waals surface area contributed by atoms with E-state index < -0.39 is 0 Å². The van der Waals surface area contributed by atoms with Crippen molar-refractivity contribution in [3.05, 3.63) is 85.2 Å². The summed E-state index contributed by atoms with van der Waals surface area (Å²) in [5.74, 6) is 0. The largest absolute Gasteiger partial charge is 0.338 e. The van der Waals surface area contributed by atoms with Crippen LogP contribution in [0.5, 0.6) is 0 Å². The number of H-pyrrole nitrogens is 2. The van der Waals surface area contributed by atoms with Gasteiger partial charge in [-0.25, -0.2) is 9.97 Å². The van der Waals surface area contributed by atoms with Crippen molar-refractivity contribution >= 4 is 40.3 Å². The third-order valence-corrected chi connectivity index (χ3v) is 6.78. The summed E-state index contributed by atoms with van der Waals surface area (Å²) in [7, 11) is 0.0885. The quantitative estimate of drug-likeness (QED) is 0.246. The molecule has 0 aliphatic carbocycles. The minimum absolute atomic E-state index is 0.0443. The van der Waals surface area contributed by atoms with Gasteiger partial charge in [0.25, 0.3) is 0 Å². The Hall–Kier alpha value is -3.72. The average molecular weight is 482 g/mol. The minimum Gasteiger partial charge on any atom is -0.338 e. The fourth-order valence-corrected chi connectivity index (χ4v) is 4.65. The molecule has 0 spiro atoms. The van der Waals surface area contributed by atoms with Gasteiger partial charge in [-0.2, -0.15) is 0 Å². The first kappa shape index (κ1) is 22.1. The van der Waals surface area contributed by atoms with Crippen LogP contribution in [-0.4, -0.2) is 32.0 Å². The van der Waals surface area contributed by atoms with Crippen LogP contribution in [-0.2, 0) is 9.59 Å². The second kappa shape index (κ2) is 10.0. The molecule has 3 aromatic carbocycles. The molecule has 6 nitrogen and oxygen atoms in total. The predicted molar refractivity (Wildman–Crippen MR) is 142 cm³/mol. The van der Waals surface area contributed by atoms with Gasteiger partial charge in [0.15, 0.2) is 0 Å². The highest BCUT2D eigenvalue weighted by molar-refractivity contribution is 7.62. The third kappa shape index (κ3) is 4.79. The van der Waals surface area contributed by atoms with Crippen LogP contribution in [0.15, 0.2) is 85.2 Å². The molecule has 5 aromatic rings. The summed E-state index contributed by atoms with van der Waals surface area (Å²) in [5.41, 5.74) is 9.82. The molecule has 0 saturated carbocycles. The maximum Gasteiger partial charge on any atom is 0.146 e. The molecule has 0 saturated heterocycles. The summed E-state index contributed by atoms with van der Waals surface area (Å²) >= 11 is 0. The minimum atomic E-state index is 0.0443. The number of benzene rings is 3. The molecular formula is C26H20N4O2P2. The fourth-order valence-electron chi connectivity index (χ4n) is 3.73. The van der Waals surface area contributed by atoms with Crippen LogP contribution >= 0.6 is 17.2 Å². The number of aromatic amines is 2. The number of rotatable bonds is 8. The number of hydrogen-bond donors (Lipinski definition) is 2. The number of imidazole rings is 2. The number of carbonyl (C=O) groups is 2. The van der Waals surface area contributed by atoms with E-state index in [4.69, 9.17) is 0 Å². The van der Waals surface area contributed by atoms with Crippen molar-refractivity contribution in [3.63, 3.8) is 0 Å². The van der Waals surface area contributed by atoms with Crippen molar-refractivity contribution in [1.82, 2.24) is 19.9 Å². The van der Waals surface area contributed by atoms with E-state index in [1.165, 1.54) is 0 Å². The molecule has 166 valence electrons. The van der Waals surface area contributed by atoms with Crippen LogP contribution in [0.1, 0.15) is 0 Å². The van der Waals surface area contributed by atoms with Gasteiger partial charge >= 0.3 is 0 Å². The van der Waals surface area contributed by atoms with Crippen LogP contribution in [0.2, 0.25) is 0 Å². The van der Waals surface area contributed by atoms with Crippen molar-refractivity contribution in [2.75, 3.05) is 0 Å². The van der Waals surface area contributed by atoms with Crippen molar-refractivity contribution in [3.8, 4) is 44.8 Å². The van der Waals surface area contributed by atoms with Gasteiger partial charge in [0.1, 0.15) is 23.2 Å². The van der Waals surface area contributed by atoms with E-state index >= 15 is 0 Å². The zero-order valence-electron chi connectivity index (χ0n) is 17.9.